The standard InChI is InChI=1S/C15H23Br3N2O/c1-13(2)14(11(17)18)4-5-15(13,10(14)16)12(21)20-8-6-19(3)7-9-20/h10-11H,4-9H2,1-3H3/t10-,14-,15+/m1/s1. The summed E-state index contributed by atoms with van der Waals surface area (Å²) in [4.78, 5) is 18.0. The van der Waals surface area contributed by atoms with E-state index in [1.807, 2.05) is 0 Å². The summed E-state index contributed by atoms with van der Waals surface area (Å²) in [7, 11) is 2.13. The number of carbonyl (C=O) groups excluding carboxylic acids is 1. The molecule has 1 amide bonds. The van der Waals surface area contributed by atoms with Crippen LogP contribution in [0.1, 0.15) is 26.7 Å². The van der Waals surface area contributed by atoms with Gasteiger partial charge in [0, 0.05) is 36.4 Å². The highest BCUT2D eigenvalue weighted by molar-refractivity contribution is 9.24. The van der Waals surface area contributed by atoms with Gasteiger partial charge in [-0.25, -0.2) is 0 Å². The second-order valence-electron chi connectivity index (χ2n) is 7.40. The highest BCUT2D eigenvalue weighted by atomic mass is 79.9. The fourth-order valence-electron chi connectivity index (χ4n) is 4.96. The maximum atomic E-state index is 13.3. The fraction of sp³-hybridized carbons (Fsp3) is 0.933. The van der Waals surface area contributed by atoms with Crippen LogP contribution in [0.25, 0.3) is 0 Å². The zero-order chi connectivity index (χ0) is 15.6. The van der Waals surface area contributed by atoms with Crippen LogP contribution in [-0.2, 0) is 4.79 Å². The van der Waals surface area contributed by atoms with E-state index >= 15 is 0 Å². The molecule has 0 radical (unpaired) electrons. The van der Waals surface area contributed by atoms with Crippen LogP contribution >= 0.6 is 47.8 Å². The molecule has 0 spiro atoms. The predicted molar refractivity (Wildman–Crippen MR) is 96.3 cm³/mol. The lowest BCUT2D eigenvalue weighted by atomic mass is 9.43. The van der Waals surface area contributed by atoms with Crippen molar-refractivity contribution in [1.29, 1.82) is 0 Å². The normalized spacial score (nSPS) is 42.2. The van der Waals surface area contributed by atoms with Crippen molar-refractivity contribution in [2.75, 3.05) is 33.2 Å². The van der Waals surface area contributed by atoms with Crippen LogP contribution < -0.4 is 0 Å². The Hall–Kier alpha value is 0.870. The molecule has 1 aliphatic heterocycles. The van der Waals surface area contributed by atoms with E-state index in [0.717, 1.165) is 39.0 Å². The number of hydrogen-bond donors (Lipinski definition) is 0. The summed E-state index contributed by atoms with van der Waals surface area (Å²) in [5.41, 5.74) is -0.107. The van der Waals surface area contributed by atoms with E-state index in [4.69, 9.17) is 0 Å². The molecule has 0 aromatic carbocycles. The number of hydrogen-bond acceptors (Lipinski definition) is 2. The van der Waals surface area contributed by atoms with E-state index in [9.17, 15) is 4.79 Å². The van der Waals surface area contributed by atoms with E-state index in [0.29, 0.717) is 5.91 Å². The summed E-state index contributed by atoms with van der Waals surface area (Å²) in [6.45, 7) is 8.26. The second kappa shape index (κ2) is 5.18. The van der Waals surface area contributed by atoms with E-state index in [1.165, 1.54) is 0 Å². The highest BCUT2D eigenvalue weighted by Gasteiger charge is 2.83. The lowest BCUT2D eigenvalue weighted by molar-refractivity contribution is -0.174. The van der Waals surface area contributed by atoms with Crippen LogP contribution in [-0.4, -0.2) is 57.5 Å². The molecule has 1 saturated heterocycles. The third-order valence-electron chi connectivity index (χ3n) is 6.66. The summed E-state index contributed by atoms with van der Waals surface area (Å²) in [6, 6.07) is 0. The molecule has 0 unspecified atom stereocenters. The second-order valence-corrected chi connectivity index (χ2v) is 11.4. The van der Waals surface area contributed by atoms with Crippen LogP contribution in [0.15, 0.2) is 0 Å². The molecule has 0 aromatic heterocycles. The van der Waals surface area contributed by atoms with E-state index in [1.54, 1.807) is 0 Å². The van der Waals surface area contributed by atoms with Gasteiger partial charge in [-0.15, -0.1) is 0 Å². The maximum absolute atomic E-state index is 13.3. The Balaban J connectivity index is 1.88. The van der Waals surface area contributed by atoms with Gasteiger partial charge >= 0.3 is 0 Å². The quantitative estimate of drug-likeness (QED) is 0.558. The topological polar surface area (TPSA) is 23.6 Å². The minimum atomic E-state index is -0.233. The van der Waals surface area contributed by atoms with Gasteiger partial charge in [-0.2, -0.15) is 0 Å². The van der Waals surface area contributed by atoms with Crippen LogP contribution in [0.3, 0.4) is 0 Å². The first kappa shape index (κ1) is 16.7. The van der Waals surface area contributed by atoms with Crippen molar-refractivity contribution in [3.63, 3.8) is 0 Å². The minimum Gasteiger partial charge on any atom is -0.340 e. The molecular formula is C15H23Br3N2O. The molecule has 3 saturated carbocycles. The zero-order valence-corrected chi connectivity index (χ0v) is 17.6. The monoisotopic (exact) mass is 484 g/mol. The van der Waals surface area contributed by atoms with E-state index < -0.39 is 0 Å². The SMILES string of the molecule is CN1CCN(C(=O)[C@]23CC[C@](C(Br)Br)([C@H]2Br)C3(C)C)CC1. The van der Waals surface area contributed by atoms with Crippen LogP contribution in [0, 0.1) is 16.2 Å². The van der Waals surface area contributed by atoms with Gasteiger partial charge in [-0.05, 0) is 25.3 Å². The summed E-state index contributed by atoms with van der Waals surface area (Å²) >= 11 is 11.4. The van der Waals surface area contributed by atoms with Crippen LogP contribution in [0.2, 0.25) is 0 Å². The van der Waals surface area contributed by atoms with Crippen LogP contribution in [0.5, 0.6) is 0 Å². The van der Waals surface area contributed by atoms with Gasteiger partial charge in [0.15, 0.2) is 0 Å². The maximum Gasteiger partial charge on any atom is 0.230 e. The molecule has 2 bridgehead atoms. The molecule has 1 heterocycles. The molecule has 21 heavy (non-hydrogen) atoms. The van der Waals surface area contributed by atoms with Crippen LogP contribution in [0.4, 0.5) is 0 Å². The van der Waals surface area contributed by atoms with Crippen molar-refractivity contribution in [3.8, 4) is 0 Å². The molecule has 6 heteroatoms. The molecule has 0 aromatic rings. The minimum absolute atomic E-state index is 0.00622. The third kappa shape index (κ3) is 1.82. The van der Waals surface area contributed by atoms with Gasteiger partial charge in [-0.3, -0.25) is 4.79 Å². The Labute approximate surface area is 152 Å². The van der Waals surface area contributed by atoms with E-state index in [2.05, 4.69) is 78.5 Å². The Morgan fingerprint density at radius 3 is 2.14 bits per heavy atom. The highest BCUT2D eigenvalue weighted by Crippen LogP contribution is 2.82. The number of nitrogens with zero attached hydrogens (tertiary/aromatic N) is 2. The molecule has 0 N–H and O–H groups in total. The van der Waals surface area contributed by atoms with E-state index in [-0.39, 0.29) is 24.8 Å². The van der Waals surface area contributed by atoms with Crippen molar-refractivity contribution in [3.05, 3.63) is 0 Å². The van der Waals surface area contributed by atoms with Gasteiger partial charge in [0.05, 0.1) is 9.15 Å². The van der Waals surface area contributed by atoms with Crippen molar-refractivity contribution in [2.24, 2.45) is 16.2 Å². The average Bonchev–Trinajstić information content (AvgIpc) is 2.88. The Kier molecular flexibility index (Phi) is 4.13. The Morgan fingerprint density at radius 1 is 1.14 bits per heavy atom. The summed E-state index contributed by atoms with van der Waals surface area (Å²) in [6.07, 6.45) is 2.09. The number of amides is 1. The molecule has 4 rings (SSSR count). The number of piperazine rings is 1. The number of likely N-dealkylation sites (N-methyl/N-ethyl adjacent to an activating group) is 1. The first-order chi connectivity index (χ1) is 9.71. The molecule has 3 atom stereocenters. The van der Waals surface area contributed by atoms with Gasteiger partial charge in [0.25, 0.3) is 0 Å². The fourth-order valence-corrected chi connectivity index (χ4v) is 9.86. The molecule has 3 nitrogen and oxygen atoms in total. The third-order valence-corrected chi connectivity index (χ3v) is 9.89. The van der Waals surface area contributed by atoms with Gasteiger partial charge in [0.2, 0.25) is 5.91 Å². The number of rotatable bonds is 2. The molecular weight excluding hydrogens is 464 g/mol. The Bertz CT molecular complexity index is 462. The molecule has 3 aliphatic carbocycles. The average molecular weight is 487 g/mol. The number of fused-ring (bicyclic) bond motifs is 1. The number of carbonyl (C=O) groups is 1. The summed E-state index contributed by atoms with van der Waals surface area (Å²) in [5.74, 6) is 0.372. The lowest BCUT2D eigenvalue weighted by Crippen LogP contribution is -2.72. The van der Waals surface area contributed by atoms with Gasteiger partial charge < -0.3 is 9.80 Å². The largest absolute Gasteiger partial charge is 0.340 e. The predicted octanol–water partition coefficient (Wildman–Crippen LogP) is 3.45. The molecule has 120 valence electrons. The Morgan fingerprint density at radius 2 is 1.71 bits per heavy atom. The smallest absolute Gasteiger partial charge is 0.230 e. The number of alkyl halides is 3. The first-order valence-electron chi connectivity index (χ1n) is 7.62. The zero-order valence-electron chi connectivity index (χ0n) is 12.8. The van der Waals surface area contributed by atoms with Crippen molar-refractivity contribution >= 4 is 53.7 Å². The van der Waals surface area contributed by atoms with Gasteiger partial charge in [0.1, 0.15) is 0 Å². The van der Waals surface area contributed by atoms with Crippen molar-refractivity contribution in [2.45, 2.75) is 35.3 Å². The summed E-state index contributed by atoms with van der Waals surface area (Å²) < 4.78 is 0.243. The molecule has 4 aliphatic rings. The van der Waals surface area contributed by atoms with Gasteiger partial charge in [-0.1, -0.05) is 61.6 Å². The van der Waals surface area contributed by atoms with Crippen molar-refractivity contribution in [1.82, 2.24) is 9.80 Å². The first-order valence-corrected chi connectivity index (χ1v) is 10.4. The summed E-state index contributed by atoms with van der Waals surface area (Å²) in [5, 5.41) is 0. The lowest BCUT2D eigenvalue weighted by Gasteiger charge is -2.66. The molecule has 4 fully saturated rings. The van der Waals surface area contributed by atoms with Crippen molar-refractivity contribution < 1.29 is 4.79 Å². The number of halogens is 3.